The zero-order chi connectivity index (χ0) is 14.3. The van der Waals surface area contributed by atoms with Gasteiger partial charge in [-0.1, -0.05) is 18.7 Å². The van der Waals surface area contributed by atoms with Crippen LogP contribution in [0.15, 0.2) is 16.0 Å². The van der Waals surface area contributed by atoms with Gasteiger partial charge in [-0.15, -0.1) is 0 Å². The molecule has 2 saturated carbocycles. The first-order chi connectivity index (χ1) is 9.47. The van der Waals surface area contributed by atoms with E-state index in [1.54, 1.807) is 0 Å². The van der Waals surface area contributed by atoms with Crippen LogP contribution in [0.1, 0.15) is 26.2 Å². The summed E-state index contributed by atoms with van der Waals surface area (Å²) in [7, 11) is 0. The van der Waals surface area contributed by atoms with Crippen LogP contribution in [-0.4, -0.2) is 27.8 Å². The predicted molar refractivity (Wildman–Crippen MR) is 75.3 cm³/mol. The molecule has 0 amide bonds. The lowest BCUT2D eigenvalue weighted by atomic mass is 9.47. The molecule has 0 radical (unpaired) electrons. The largest absolute Gasteiger partial charge is 0.461 e. The topological polar surface area (TPSA) is 98.1 Å². The Bertz CT molecular complexity index is 603. The van der Waals surface area contributed by atoms with Crippen LogP contribution in [0.3, 0.4) is 0 Å². The van der Waals surface area contributed by atoms with Gasteiger partial charge in [-0.25, -0.2) is 4.98 Å². The molecule has 3 atom stereocenters. The second-order valence-corrected chi connectivity index (χ2v) is 6.68. The number of thioether (sulfide) groups is 1. The van der Waals surface area contributed by atoms with Crippen molar-refractivity contribution in [2.24, 2.45) is 11.3 Å². The molecule has 3 N–H and O–H groups in total. The average Bonchev–Trinajstić information content (AvgIpc) is 2.38. The summed E-state index contributed by atoms with van der Waals surface area (Å²) in [5.41, 5.74) is 5.37. The maximum Gasteiger partial charge on any atom is 0.316 e. The summed E-state index contributed by atoms with van der Waals surface area (Å²) in [5.74, 6) is 0.744. The Morgan fingerprint density at radius 1 is 1.70 bits per heavy atom. The average molecular weight is 295 g/mol. The fourth-order valence-electron chi connectivity index (χ4n) is 3.01. The number of nitrogens with zero attached hydrogens (tertiary/aromatic N) is 1. The van der Waals surface area contributed by atoms with Crippen molar-refractivity contribution in [3.8, 4) is 0 Å². The zero-order valence-electron chi connectivity index (χ0n) is 11.2. The lowest BCUT2D eigenvalue weighted by Crippen LogP contribution is -2.59. The first-order valence-corrected chi connectivity index (χ1v) is 7.65. The monoisotopic (exact) mass is 295 g/mol. The van der Waals surface area contributed by atoms with E-state index in [0.717, 1.165) is 30.5 Å². The van der Waals surface area contributed by atoms with Gasteiger partial charge in [0.1, 0.15) is 11.9 Å². The smallest absolute Gasteiger partial charge is 0.316 e. The molecule has 0 spiro atoms. The lowest BCUT2D eigenvalue weighted by molar-refractivity contribution is -0.205. The van der Waals surface area contributed by atoms with Gasteiger partial charge in [0.15, 0.2) is 5.16 Å². The third-order valence-electron chi connectivity index (χ3n) is 4.54. The van der Waals surface area contributed by atoms with Gasteiger partial charge >= 0.3 is 5.97 Å². The molecular formula is C13H17N3O3S. The minimum atomic E-state index is -0.322. The number of H-pyrrole nitrogens is 1. The summed E-state index contributed by atoms with van der Waals surface area (Å²) < 4.78 is 5.49. The number of hydrogen-bond acceptors (Lipinski definition) is 6. The number of carbonyl (C=O) groups is 1. The van der Waals surface area contributed by atoms with Crippen LogP contribution in [0.4, 0.5) is 5.82 Å². The highest BCUT2D eigenvalue weighted by Gasteiger charge is 2.59. The van der Waals surface area contributed by atoms with E-state index in [1.807, 2.05) is 0 Å². The number of ether oxygens (including phenoxy) is 1. The molecule has 108 valence electrons. The number of anilines is 1. The fraction of sp³-hybridized carbons (Fsp3) is 0.615. The molecule has 1 aromatic heterocycles. The van der Waals surface area contributed by atoms with E-state index < -0.39 is 0 Å². The Morgan fingerprint density at radius 3 is 3.05 bits per heavy atom. The number of nitrogens with one attached hydrogen (secondary N) is 1. The van der Waals surface area contributed by atoms with Gasteiger partial charge in [-0.2, -0.15) is 0 Å². The molecule has 6 nitrogen and oxygen atoms in total. The van der Waals surface area contributed by atoms with Crippen LogP contribution in [-0.2, 0) is 9.53 Å². The SMILES string of the molecule is C[C@]12CC[C@@H]1C[C@H]2OC(=O)CSc1nc(N)cc(=O)[nH]1. The van der Waals surface area contributed by atoms with E-state index >= 15 is 0 Å². The van der Waals surface area contributed by atoms with Gasteiger partial charge < -0.3 is 15.5 Å². The van der Waals surface area contributed by atoms with Gasteiger partial charge in [0.05, 0.1) is 5.75 Å². The third kappa shape index (κ3) is 2.30. The summed E-state index contributed by atoms with van der Waals surface area (Å²) in [6.45, 7) is 2.19. The van der Waals surface area contributed by atoms with E-state index in [9.17, 15) is 9.59 Å². The molecule has 7 heteroatoms. The summed E-state index contributed by atoms with van der Waals surface area (Å²) in [6.07, 6.45) is 3.45. The lowest BCUT2D eigenvalue weighted by Gasteiger charge is -2.61. The molecule has 0 unspecified atom stereocenters. The standard InChI is InChI=1S/C13H17N3O3S/c1-13-3-2-7(13)4-8(13)19-11(18)6-20-12-15-9(14)5-10(17)16-12/h5,7-8H,2-4,6H2,1H3,(H3,14,15,16,17)/t7-,8-,13+/m1/s1. The second kappa shape index (κ2) is 4.80. The minimum absolute atomic E-state index is 0.0576. The van der Waals surface area contributed by atoms with Gasteiger partial charge in [0.25, 0.3) is 5.56 Å². The maximum atomic E-state index is 11.8. The fourth-order valence-corrected chi connectivity index (χ4v) is 3.67. The van der Waals surface area contributed by atoms with E-state index in [-0.39, 0.29) is 34.6 Å². The number of hydrogen-bond donors (Lipinski definition) is 2. The minimum Gasteiger partial charge on any atom is -0.461 e. The molecule has 2 aliphatic carbocycles. The molecule has 2 fully saturated rings. The number of esters is 1. The Hall–Kier alpha value is -1.50. The quantitative estimate of drug-likeness (QED) is 0.491. The molecule has 1 aromatic rings. The highest BCUT2D eigenvalue weighted by Crippen LogP contribution is 2.61. The highest BCUT2D eigenvalue weighted by molar-refractivity contribution is 7.99. The number of nitrogens with two attached hydrogens (primary N) is 1. The summed E-state index contributed by atoms with van der Waals surface area (Å²) >= 11 is 1.13. The van der Waals surface area contributed by atoms with Crippen LogP contribution in [0, 0.1) is 11.3 Å². The van der Waals surface area contributed by atoms with Crippen molar-refractivity contribution in [3.05, 3.63) is 16.4 Å². The molecule has 0 bridgehead atoms. The van der Waals surface area contributed by atoms with Crippen molar-refractivity contribution < 1.29 is 9.53 Å². The van der Waals surface area contributed by atoms with Crippen LogP contribution in [0.5, 0.6) is 0 Å². The van der Waals surface area contributed by atoms with Gasteiger partial charge in [0.2, 0.25) is 0 Å². The number of fused-ring (bicyclic) bond motifs is 1. The number of aromatic amines is 1. The molecule has 20 heavy (non-hydrogen) atoms. The predicted octanol–water partition coefficient (Wildman–Crippen LogP) is 1.18. The molecular weight excluding hydrogens is 278 g/mol. The number of rotatable bonds is 4. The van der Waals surface area contributed by atoms with Gasteiger partial charge in [-0.3, -0.25) is 9.59 Å². The first-order valence-electron chi connectivity index (χ1n) is 6.66. The van der Waals surface area contributed by atoms with E-state index in [4.69, 9.17) is 10.5 Å². The molecule has 0 saturated heterocycles. The van der Waals surface area contributed by atoms with Crippen molar-refractivity contribution in [2.75, 3.05) is 11.5 Å². The van der Waals surface area contributed by atoms with Crippen LogP contribution in [0.2, 0.25) is 0 Å². The first kappa shape index (κ1) is 13.5. The molecule has 3 rings (SSSR count). The third-order valence-corrected chi connectivity index (χ3v) is 5.39. The van der Waals surface area contributed by atoms with Crippen LogP contribution >= 0.6 is 11.8 Å². The second-order valence-electron chi connectivity index (χ2n) is 5.72. The number of carbonyl (C=O) groups excluding carboxylic acids is 1. The van der Waals surface area contributed by atoms with Gasteiger partial charge in [-0.05, 0) is 25.2 Å². The van der Waals surface area contributed by atoms with Crippen molar-refractivity contribution >= 4 is 23.5 Å². The summed E-state index contributed by atoms with van der Waals surface area (Å²) in [4.78, 5) is 29.5. The van der Waals surface area contributed by atoms with E-state index in [2.05, 4.69) is 16.9 Å². The van der Waals surface area contributed by atoms with Crippen molar-refractivity contribution in [3.63, 3.8) is 0 Å². The van der Waals surface area contributed by atoms with Crippen molar-refractivity contribution in [2.45, 2.75) is 37.4 Å². The van der Waals surface area contributed by atoms with Crippen molar-refractivity contribution in [1.29, 1.82) is 0 Å². The van der Waals surface area contributed by atoms with Crippen LogP contribution in [0.25, 0.3) is 0 Å². The van der Waals surface area contributed by atoms with E-state index in [1.165, 1.54) is 12.5 Å². The molecule has 1 heterocycles. The molecule has 0 aliphatic heterocycles. The normalized spacial score (nSPS) is 30.9. The Kier molecular flexibility index (Phi) is 3.24. The Morgan fingerprint density at radius 2 is 2.50 bits per heavy atom. The van der Waals surface area contributed by atoms with Crippen molar-refractivity contribution in [1.82, 2.24) is 9.97 Å². The Labute approximate surface area is 120 Å². The summed E-state index contributed by atoms with van der Waals surface area (Å²) in [5, 5.41) is 0.341. The summed E-state index contributed by atoms with van der Waals surface area (Å²) in [6, 6.07) is 1.20. The van der Waals surface area contributed by atoms with Crippen LogP contribution < -0.4 is 11.3 Å². The Balaban J connectivity index is 1.51. The maximum absolute atomic E-state index is 11.8. The number of nitrogen functional groups attached to an aromatic ring is 1. The zero-order valence-corrected chi connectivity index (χ0v) is 12.0. The molecule has 2 aliphatic rings. The number of aromatic nitrogens is 2. The highest BCUT2D eigenvalue weighted by atomic mass is 32.2. The van der Waals surface area contributed by atoms with Gasteiger partial charge in [0, 0.05) is 11.5 Å². The van der Waals surface area contributed by atoms with E-state index in [0.29, 0.717) is 5.16 Å². The molecule has 0 aromatic carbocycles.